The van der Waals surface area contributed by atoms with Gasteiger partial charge in [-0.1, -0.05) is 47.0 Å². The van der Waals surface area contributed by atoms with Gasteiger partial charge in [-0.05, 0) is 63.1 Å². The summed E-state index contributed by atoms with van der Waals surface area (Å²) in [5, 5.41) is 18.2. The predicted octanol–water partition coefficient (Wildman–Crippen LogP) is 6.50. The average Bonchev–Trinajstić information content (AvgIpc) is 2.63. The van der Waals surface area contributed by atoms with Crippen LogP contribution in [0.1, 0.15) is 33.4 Å². The Balaban J connectivity index is 1.75. The Labute approximate surface area is 172 Å². The molecule has 28 heavy (non-hydrogen) atoms. The second-order valence-electron chi connectivity index (χ2n) is 7.42. The van der Waals surface area contributed by atoms with Crippen molar-refractivity contribution in [1.29, 1.82) is 0 Å². The molecular formula is C24H27ClN2O. The van der Waals surface area contributed by atoms with Crippen LogP contribution in [0.3, 0.4) is 0 Å². The van der Waals surface area contributed by atoms with Gasteiger partial charge in [-0.2, -0.15) is 0 Å². The van der Waals surface area contributed by atoms with Crippen LogP contribution in [-0.2, 0) is 13.1 Å². The molecule has 0 aliphatic heterocycles. The Morgan fingerprint density at radius 2 is 1.14 bits per heavy atom. The Bertz CT molecular complexity index is 921. The molecule has 0 unspecified atom stereocenters. The molecule has 3 aromatic carbocycles. The van der Waals surface area contributed by atoms with E-state index in [1.54, 1.807) is 0 Å². The lowest BCUT2D eigenvalue weighted by Gasteiger charge is -2.16. The van der Waals surface area contributed by atoms with Crippen LogP contribution in [0, 0.1) is 27.7 Å². The zero-order valence-electron chi connectivity index (χ0n) is 16.9. The first kappa shape index (κ1) is 20.1. The summed E-state index contributed by atoms with van der Waals surface area (Å²) >= 11 is 6.32. The van der Waals surface area contributed by atoms with Gasteiger partial charge in [0, 0.05) is 40.6 Å². The van der Waals surface area contributed by atoms with E-state index in [0.29, 0.717) is 18.1 Å². The minimum Gasteiger partial charge on any atom is -0.507 e. The van der Waals surface area contributed by atoms with E-state index in [-0.39, 0.29) is 5.75 Å². The molecule has 0 aliphatic carbocycles. The van der Waals surface area contributed by atoms with Crippen LogP contribution >= 0.6 is 11.6 Å². The molecule has 0 saturated heterocycles. The van der Waals surface area contributed by atoms with Gasteiger partial charge in [-0.25, -0.2) is 0 Å². The fourth-order valence-corrected chi connectivity index (χ4v) is 3.66. The van der Waals surface area contributed by atoms with Crippen LogP contribution in [-0.4, -0.2) is 5.11 Å². The lowest BCUT2D eigenvalue weighted by atomic mass is 10.1. The number of hydrogen-bond donors (Lipinski definition) is 3. The first-order valence-corrected chi connectivity index (χ1v) is 9.84. The Hall–Kier alpha value is -2.65. The molecule has 3 nitrogen and oxygen atoms in total. The number of halogens is 1. The molecule has 0 spiro atoms. The van der Waals surface area contributed by atoms with Gasteiger partial charge < -0.3 is 15.7 Å². The topological polar surface area (TPSA) is 44.3 Å². The highest BCUT2D eigenvalue weighted by Gasteiger charge is 2.11. The Morgan fingerprint density at radius 3 is 1.54 bits per heavy atom. The number of anilines is 2. The van der Waals surface area contributed by atoms with Crippen LogP contribution in [0.4, 0.5) is 11.4 Å². The van der Waals surface area contributed by atoms with Gasteiger partial charge in [0.25, 0.3) is 0 Å². The minimum absolute atomic E-state index is 0.277. The minimum atomic E-state index is 0.277. The number of rotatable bonds is 6. The monoisotopic (exact) mass is 394 g/mol. The second-order valence-corrected chi connectivity index (χ2v) is 7.85. The maximum absolute atomic E-state index is 10.8. The quantitative estimate of drug-likeness (QED) is 0.446. The Kier molecular flexibility index (Phi) is 6.15. The summed E-state index contributed by atoms with van der Waals surface area (Å²) in [6.45, 7) is 9.32. The fourth-order valence-electron chi connectivity index (χ4n) is 3.39. The lowest BCUT2D eigenvalue weighted by Crippen LogP contribution is -2.05. The molecule has 4 heteroatoms. The summed E-state index contributed by atoms with van der Waals surface area (Å²) < 4.78 is 0. The van der Waals surface area contributed by atoms with Crippen molar-refractivity contribution in [1.82, 2.24) is 0 Å². The van der Waals surface area contributed by atoms with Crippen molar-refractivity contribution in [2.24, 2.45) is 0 Å². The molecule has 0 bridgehead atoms. The van der Waals surface area contributed by atoms with E-state index in [0.717, 1.165) is 22.5 Å². The molecule has 3 aromatic rings. The molecule has 0 aromatic heterocycles. The van der Waals surface area contributed by atoms with E-state index < -0.39 is 0 Å². The van der Waals surface area contributed by atoms with Crippen LogP contribution in [0.2, 0.25) is 5.02 Å². The third-order valence-electron chi connectivity index (χ3n) is 4.93. The number of nitrogens with one attached hydrogen (secondary N) is 2. The van der Waals surface area contributed by atoms with Crippen LogP contribution in [0.15, 0.2) is 48.5 Å². The highest BCUT2D eigenvalue weighted by molar-refractivity contribution is 6.30. The third-order valence-corrected chi connectivity index (χ3v) is 5.15. The average molecular weight is 395 g/mol. The Morgan fingerprint density at radius 1 is 0.714 bits per heavy atom. The zero-order chi connectivity index (χ0) is 20.3. The van der Waals surface area contributed by atoms with Crippen molar-refractivity contribution in [3.63, 3.8) is 0 Å². The summed E-state index contributed by atoms with van der Waals surface area (Å²) in [4.78, 5) is 0. The van der Waals surface area contributed by atoms with Crippen molar-refractivity contribution in [2.45, 2.75) is 40.8 Å². The number of aryl methyl sites for hydroxylation is 4. The van der Waals surface area contributed by atoms with Gasteiger partial charge in [0.1, 0.15) is 5.75 Å². The molecule has 146 valence electrons. The molecule has 0 amide bonds. The van der Waals surface area contributed by atoms with Crippen molar-refractivity contribution >= 4 is 23.0 Å². The van der Waals surface area contributed by atoms with Gasteiger partial charge in [-0.3, -0.25) is 0 Å². The second kappa shape index (κ2) is 8.57. The number of benzene rings is 3. The summed E-state index contributed by atoms with van der Waals surface area (Å²) in [5.74, 6) is 0.277. The number of aromatic hydroxyl groups is 1. The highest BCUT2D eigenvalue weighted by atomic mass is 35.5. The van der Waals surface area contributed by atoms with E-state index in [2.05, 4.69) is 74.7 Å². The third kappa shape index (κ3) is 4.79. The van der Waals surface area contributed by atoms with Gasteiger partial charge in [0.05, 0.1) is 0 Å². The maximum Gasteiger partial charge on any atom is 0.125 e. The number of hydrogen-bond acceptors (Lipinski definition) is 3. The van der Waals surface area contributed by atoms with Crippen molar-refractivity contribution in [3.8, 4) is 5.75 Å². The molecule has 0 aliphatic rings. The van der Waals surface area contributed by atoms with Crippen LogP contribution < -0.4 is 10.6 Å². The van der Waals surface area contributed by atoms with Gasteiger partial charge in [0.2, 0.25) is 0 Å². The van der Waals surface area contributed by atoms with E-state index in [1.807, 2.05) is 12.1 Å². The highest BCUT2D eigenvalue weighted by Crippen LogP contribution is 2.29. The first-order chi connectivity index (χ1) is 13.3. The standard InChI is InChI=1S/C24H27ClN2O/c1-15-5-7-22(17(3)9-15)26-13-19-11-21(25)12-20(24(19)28)14-27-23-8-6-16(2)10-18(23)4/h5-12,26-28H,13-14H2,1-4H3. The molecule has 3 rings (SSSR count). The molecular weight excluding hydrogens is 368 g/mol. The van der Waals surface area contributed by atoms with Gasteiger partial charge >= 0.3 is 0 Å². The van der Waals surface area contributed by atoms with E-state index in [9.17, 15) is 5.11 Å². The molecule has 3 N–H and O–H groups in total. The van der Waals surface area contributed by atoms with E-state index >= 15 is 0 Å². The molecule has 0 saturated carbocycles. The van der Waals surface area contributed by atoms with Crippen LogP contribution in [0.5, 0.6) is 5.75 Å². The molecule has 0 heterocycles. The SMILES string of the molecule is Cc1ccc(NCc2cc(Cl)cc(CNc3ccc(C)cc3C)c2O)c(C)c1. The largest absolute Gasteiger partial charge is 0.507 e. The summed E-state index contributed by atoms with van der Waals surface area (Å²) in [5.41, 5.74) is 8.49. The van der Waals surface area contributed by atoms with Crippen molar-refractivity contribution < 1.29 is 5.11 Å². The van der Waals surface area contributed by atoms with Gasteiger partial charge in [-0.15, -0.1) is 0 Å². The number of phenolic OH excluding ortho intramolecular Hbond substituents is 1. The van der Waals surface area contributed by atoms with Crippen molar-refractivity contribution in [3.05, 3.63) is 86.9 Å². The first-order valence-electron chi connectivity index (χ1n) is 9.46. The maximum atomic E-state index is 10.8. The number of phenols is 1. The molecule has 0 atom stereocenters. The fraction of sp³-hybridized carbons (Fsp3) is 0.250. The molecule has 0 radical (unpaired) electrons. The summed E-state index contributed by atoms with van der Waals surface area (Å²) in [6, 6.07) is 16.2. The lowest BCUT2D eigenvalue weighted by molar-refractivity contribution is 0.463. The molecule has 0 fully saturated rings. The zero-order valence-corrected chi connectivity index (χ0v) is 17.6. The summed E-state index contributed by atoms with van der Waals surface area (Å²) in [7, 11) is 0. The van der Waals surface area contributed by atoms with Gasteiger partial charge in [0.15, 0.2) is 0 Å². The van der Waals surface area contributed by atoms with Crippen molar-refractivity contribution in [2.75, 3.05) is 10.6 Å². The van der Waals surface area contributed by atoms with Crippen LogP contribution in [0.25, 0.3) is 0 Å². The normalized spacial score (nSPS) is 10.8. The predicted molar refractivity (Wildman–Crippen MR) is 120 cm³/mol. The summed E-state index contributed by atoms with van der Waals surface area (Å²) in [6.07, 6.45) is 0. The smallest absolute Gasteiger partial charge is 0.125 e. The van der Waals surface area contributed by atoms with E-state index in [1.165, 1.54) is 22.3 Å². The van der Waals surface area contributed by atoms with E-state index in [4.69, 9.17) is 11.6 Å².